The molecule has 32 heavy (non-hydrogen) atoms. The summed E-state index contributed by atoms with van der Waals surface area (Å²) in [6.07, 6.45) is 3.45. The lowest BCUT2D eigenvalue weighted by atomic mass is 10.1. The predicted octanol–water partition coefficient (Wildman–Crippen LogP) is 5.63. The molecule has 0 aliphatic rings. The van der Waals surface area contributed by atoms with Crippen molar-refractivity contribution in [2.45, 2.75) is 45.4 Å². The normalized spacial score (nSPS) is 12.2. The molecule has 5 nitrogen and oxygen atoms in total. The van der Waals surface area contributed by atoms with Crippen LogP contribution < -0.4 is 0 Å². The summed E-state index contributed by atoms with van der Waals surface area (Å²) in [6, 6.07) is 14.0. The van der Waals surface area contributed by atoms with Crippen molar-refractivity contribution in [1.82, 2.24) is 13.7 Å². The highest BCUT2D eigenvalue weighted by Gasteiger charge is 2.27. The van der Waals surface area contributed by atoms with E-state index in [1.807, 2.05) is 76.4 Å². The third-order valence-corrected chi connectivity index (χ3v) is 8.74. The van der Waals surface area contributed by atoms with Crippen LogP contribution in [-0.4, -0.2) is 35.2 Å². The van der Waals surface area contributed by atoms with Crippen LogP contribution in [0.4, 0.5) is 0 Å². The zero-order valence-electron chi connectivity index (χ0n) is 19.0. The molecule has 0 aliphatic heterocycles. The molecular weight excluding hydrogens is 438 g/mol. The Morgan fingerprint density at radius 1 is 1.03 bits per heavy atom. The van der Waals surface area contributed by atoms with Gasteiger partial charge in [-0.05, 0) is 38.3 Å². The molecule has 0 radical (unpaired) electrons. The number of sulfonamides is 1. The summed E-state index contributed by atoms with van der Waals surface area (Å²) in [6.45, 7) is 8.72. The monoisotopic (exact) mass is 467 g/mol. The van der Waals surface area contributed by atoms with Gasteiger partial charge in [0, 0.05) is 42.3 Å². The summed E-state index contributed by atoms with van der Waals surface area (Å²) in [5, 5.41) is 2.08. The van der Waals surface area contributed by atoms with E-state index in [2.05, 4.69) is 9.78 Å². The van der Waals surface area contributed by atoms with E-state index in [0.717, 1.165) is 45.0 Å². The quantitative estimate of drug-likeness (QED) is 0.337. The first-order chi connectivity index (χ1) is 15.3. The summed E-state index contributed by atoms with van der Waals surface area (Å²) >= 11 is 1.59. The van der Waals surface area contributed by atoms with Crippen LogP contribution >= 0.6 is 11.3 Å². The van der Waals surface area contributed by atoms with E-state index in [0.29, 0.717) is 24.4 Å². The van der Waals surface area contributed by atoms with Crippen molar-refractivity contribution < 1.29 is 8.42 Å². The summed E-state index contributed by atoms with van der Waals surface area (Å²) in [5.41, 5.74) is 5.79. The molecule has 4 aromatic rings. The fraction of sp³-hybridized carbons (Fsp3) is 0.320. The van der Waals surface area contributed by atoms with Crippen molar-refractivity contribution in [3.05, 3.63) is 76.4 Å². The number of hydrogen-bond donors (Lipinski definition) is 0. The third kappa shape index (κ3) is 4.37. The number of thiazole rings is 1. The molecule has 0 aliphatic carbocycles. The average Bonchev–Trinajstić information content (AvgIpc) is 3.32. The first kappa shape index (κ1) is 22.7. The average molecular weight is 468 g/mol. The number of benzene rings is 2. The lowest BCUT2D eigenvalue weighted by Gasteiger charge is -2.24. The Morgan fingerprint density at radius 2 is 1.72 bits per heavy atom. The van der Waals surface area contributed by atoms with E-state index in [4.69, 9.17) is 4.98 Å². The molecule has 2 heterocycles. The lowest BCUT2D eigenvalue weighted by Crippen LogP contribution is -2.34. The minimum Gasteiger partial charge on any atom is -0.294 e. The van der Waals surface area contributed by atoms with Crippen LogP contribution in [0.2, 0.25) is 0 Å². The maximum atomic E-state index is 13.6. The van der Waals surface area contributed by atoms with Gasteiger partial charge >= 0.3 is 0 Å². The maximum Gasteiger partial charge on any atom is 0.243 e. The molecule has 2 aromatic carbocycles. The number of aromatic nitrogens is 2. The van der Waals surface area contributed by atoms with Crippen LogP contribution in [0.1, 0.15) is 35.7 Å². The Bertz CT molecular complexity index is 1320. The Kier molecular flexibility index (Phi) is 6.51. The van der Waals surface area contributed by atoms with Gasteiger partial charge in [0.2, 0.25) is 10.0 Å². The highest BCUT2D eigenvalue weighted by molar-refractivity contribution is 7.89. The van der Waals surface area contributed by atoms with Gasteiger partial charge in [-0.3, -0.25) is 4.40 Å². The van der Waals surface area contributed by atoms with E-state index in [9.17, 15) is 8.42 Å². The fourth-order valence-electron chi connectivity index (χ4n) is 4.30. The summed E-state index contributed by atoms with van der Waals surface area (Å²) in [7, 11) is -3.57. The van der Waals surface area contributed by atoms with E-state index < -0.39 is 10.0 Å². The maximum absolute atomic E-state index is 13.6. The van der Waals surface area contributed by atoms with Crippen LogP contribution in [0.3, 0.4) is 0 Å². The van der Waals surface area contributed by atoms with Gasteiger partial charge in [0.25, 0.3) is 0 Å². The minimum atomic E-state index is -3.57. The molecule has 0 saturated heterocycles. The van der Waals surface area contributed by atoms with Gasteiger partial charge in [-0.15, -0.1) is 11.3 Å². The first-order valence-corrected chi connectivity index (χ1v) is 13.2. The molecule has 4 rings (SSSR count). The van der Waals surface area contributed by atoms with Gasteiger partial charge in [0.15, 0.2) is 4.96 Å². The number of nitrogens with zero attached hydrogens (tertiary/aromatic N) is 3. The number of aryl methyl sites for hydroxylation is 3. The minimum absolute atomic E-state index is 0.438. The second kappa shape index (κ2) is 9.17. The van der Waals surface area contributed by atoms with Crippen LogP contribution in [0.15, 0.2) is 58.9 Å². The van der Waals surface area contributed by atoms with Crippen molar-refractivity contribution in [2.24, 2.45) is 0 Å². The van der Waals surface area contributed by atoms with Crippen LogP contribution in [0, 0.1) is 20.8 Å². The molecule has 0 amide bonds. The van der Waals surface area contributed by atoms with Crippen molar-refractivity contribution in [1.29, 1.82) is 0 Å². The predicted molar refractivity (Wildman–Crippen MR) is 132 cm³/mol. The smallest absolute Gasteiger partial charge is 0.243 e. The molecule has 0 bridgehead atoms. The number of rotatable bonds is 8. The largest absolute Gasteiger partial charge is 0.294 e. The van der Waals surface area contributed by atoms with Gasteiger partial charge in [-0.2, -0.15) is 4.31 Å². The van der Waals surface area contributed by atoms with Crippen molar-refractivity contribution in [3.63, 3.8) is 0 Å². The van der Waals surface area contributed by atoms with Gasteiger partial charge in [0.05, 0.1) is 10.6 Å². The zero-order valence-corrected chi connectivity index (χ0v) is 20.6. The SMILES string of the molecule is CCCN(CCc1csc2nc(-c3ccccc3)cn12)S(=O)(=O)c1c(C)cc(C)cc1C. The molecule has 2 aromatic heterocycles. The van der Waals surface area contributed by atoms with Crippen molar-refractivity contribution in [2.75, 3.05) is 13.1 Å². The number of fused-ring (bicyclic) bond motifs is 1. The lowest BCUT2D eigenvalue weighted by molar-refractivity contribution is 0.411. The molecular formula is C25H29N3O2S2. The Balaban J connectivity index is 1.61. The number of hydrogen-bond acceptors (Lipinski definition) is 4. The Labute approximate surface area is 194 Å². The Hall–Kier alpha value is -2.48. The molecule has 0 atom stereocenters. The van der Waals surface area contributed by atoms with Crippen LogP contribution in [0.25, 0.3) is 16.2 Å². The first-order valence-electron chi connectivity index (χ1n) is 10.9. The van der Waals surface area contributed by atoms with Gasteiger partial charge in [-0.1, -0.05) is 55.0 Å². The highest BCUT2D eigenvalue weighted by atomic mass is 32.2. The topological polar surface area (TPSA) is 54.7 Å². The molecule has 7 heteroatoms. The molecule has 0 unspecified atom stereocenters. The van der Waals surface area contributed by atoms with Crippen LogP contribution in [0.5, 0.6) is 0 Å². The summed E-state index contributed by atoms with van der Waals surface area (Å²) in [5.74, 6) is 0. The van der Waals surface area contributed by atoms with Crippen LogP contribution in [-0.2, 0) is 16.4 Å². The summed E-state index contributed by atoms with van der Waals surface area (Å²) < 4.78 is 30.9. The zero-order chi connectivity index (χ0) is 22.9. The molecule has 0 fully saturated rings. The van der Waals surface area contributed by atoms with E-state index in [-0.39, 0.29) is 0 Å². The van der Waals surface area contributed by atoms with E-state index in [1.54, 1.807) is 15.6 Å². The second-order valence-corrected chi connectivity index (χ2v) is 11.0. The Morgan fingerprint density at radius 3 is 2.38 bits per heavy atom. The second-order valence-electron chi connectivity index (χ2n) is 8.25. The van der Waals surface area contributed by atoms with Gasteiger partial charge < -0.3 is 0 Å². The molecule has 168 valence electrons. The van der Waals surface area contributed by atoms with Gasteiger partial charge in [-0.25, -0.2) is 13.4 Å². The van der Waals surface area contributed by atoms with Gasteiger partial charge in [0.1, 0.15) is 0 Å². The highest BCUT2D eigenvalue weighted by Crippen LogP contribution is 2.27. The van der Waals surface area contributed by atoms with Crippen molar-refractivity contribution >= 4 is 26.3 Å². The molecule has 0 spiro atoms. The number of imidazole rings is 1. The molecule has 0 saturated carbocycles. The van der Waals surface area contributed by atoms with E-state index in [1.165, 1.54) is 0 Å². The molecule has 0 N–H and O–H groups in total. The summed E-state index contributed by atoms with van der Waals surface area (Å²) in [4.78, 5) is 6.11. The van der Waals surface area contributed by atoms with E-state index >= 15 is 0 Å². The third-order valence-electron chi connectivity index (χ3n) is 5.65. The fourth-order valence-corrected chi connectivity index (χ4v) is 7.15. The standard InChI is InChI=1S/C25H29N3O2S2/c1-5-12-27(32(29,30)24-19(3)14-18(2)15-20(24)4)13-11-22-17-31-25-26-23(16-28(22)25)21-9-7-6-8-10-21/h6-10,14-17H,5,11-13H2,1-4H3. The van der Waals surface area contributed by atoms with Crippen molar-refractivity contribution in [3.8, 4) is 11.3 Å².